The number of carbonyl (C=O) groups excluding carboxylic acids is 1. The van der Waals surface area contributed by atoms with E-state index in [1.807, 2.05) is 0 Å². The van der Waals surface area contributed by atoms with Crippen molar-refractivity contribution < 1.29 is 14.4 Å². The second kappa shape index (κ2) is 6.69. The Morgan fingerprint density at radius 1 is 1.56 bits per heavy atom. The molecule has 0 aromatic heterocycles. The third-order valence-corrected chi connectivity index (χ3v) is 2.94. The van der Waals surface area contributed by atoms with Gasteiger partial charge in [-0.15, -0.1) is 5.43 Å². The predicted molar refractivity (Wildman–Crippen MR) is 73.4 cm³/mol. The van der Waals surface area contributed by atoms with E-state index in [0.717, 1.165) is 0 Å². The molecule has 98 valence electrons. The van der Waals surface area contributed by atoms with Crippen molar-refractivity contribution in [1.82, 2.24) is 0 Å². The number of ether oxygens (including phenoxy) is 1. The Morgan fingerprint density at radius 2 is 2.22 bits per heavy atom. The number of rotatable bonds is 4. The van der Waals surface area contributed by atoms with Gasteiger partial charge in [0.2, 0.25) is 0 Å². The third-order valence-electron chi connectivity index (χ3n) is 1.85. The van der Waals surface area contributed by atoms with E-state index in [9.17, 15) is 10.0 Å². The summed E-state index contributed by atoms with van der Waals surface area (Å²) < 4.78 is 6.23. The number of nitrogens with one attached hydrogen (secondary N) is 1. The lowest BCUT2D eigenvalue weighted by Gasteiger charge is -2.08. The first-order chi connectivity index (χ1) is 8.45. The van der Waals surface area contributed by atoms with Crippen LogP contribution in [0.15, 0.2) is 26.3 Å². The van der Waals surface area contributed by atoms with Crippen LogP contribution in [0.5, 0.6) is 0 Å². The molecule has 18 heavy (non-hydrogen) atoms. The van der Waals surface area contributed by atoms with Gasteiger partial charge in [0, 0.05) is 4.47 Å². The number of anilines is 1. The Hall–Kier alpha value is -1.15. The van der Waals surface area contributed by atoms with Crippen molar-refractivity contribution in [2.24, 2.45) is 5.22 Å². The summed E-state index contributed by atoms with van der Waals surface area (Å²) in [5.74, 6) is -0.495. The maximum Gasteiger partial charge on any atom is 0.342 e. The van der Waals surface area contributed by atoms with E-state index >= 15 is 0 Å². The van der Waals surface area contributed by atoms with Gasteiger partial charge in [0.1, 0.15) is 12.6 Å². The lowest BCUT2D eigenvalue weighted by Crippen LogP contribution is -2.09. The van der Waals surface area contributed by atoms with Crippen molar-refractivity contribution >= 4 is 43.5 Å². The second-order valence-corrected chi connectivity index (χ2v) is 4.98. The molecule has 0 saturated heterocycles. The van der Waals surface area contributed by atoms with Gasteiger partial charge < -0.3 is 9.94 Å². The van der Waals surface area contributed by atoms with Crippen molar-refractivity contribution in [3.63, 3.8) is 0 Å². The highest BCUT2D eigenvalue weighted by molar-refractivity contribution is 9.11. The minimum Gasteiger partial charge on any atom is -0.696 e. The van der Waals surface area contributed by atoms with Crippen LogP contribution in [0.25, 0.3) is 0 Å². The van der Waals surface area contributed by atoms with Crippen molar-refractivity contribution in [2.45, 2.75) is 6.92 Å². The standard InChI is InChI=1S/C10H11Br2N3O3/c1-3-18-10(16)7-4-6(11)5-8(12)9(7)13-14-15(2)17/h4-5,13H,3H2,1-2H3. The van der Waals surface area contributed by atoms with Gasteiger partial charge >= 0.3 is 5.97 Å². The molecule has 0 spiro atoms. The number of benzene rings is 1. The summed E-state index contributed by atoms with van der Waals surface area (Å²) in [5, 5.41) is 14.2. The minimum absolute atomic E-state index is 0.265. The highest BCUT2D eigenvalue weighted by Crippen LogP contribution is 2.31. The van der Waals surface area contributed by atoms with Gasteiger partial charge in [-0.05, 0) is 35.0 Å². The first kappa shape index (κ1) is 14.9. The number of hydrogen-bond acceptors (Lipinski definition) is 4. The lowest BCUT2D eigenvalue weighted by molar-refractivity contribution is -0.497. The van der Waals surface area contributed by atoms with Gasteiger partial charge in [-0.25, -0.2) is 4.79 Å². The molecule has 0 bridgehead atoms. The molecule has 0 atom stereocenters. The zero-order valence-electron chi connectivity index (χ0n) is 9.74. The molecule has 0 amide bonds. The number of halogens is 2. The van der Waals surface area contributed by atoms with Crippen molar-refractivity contribution in [1.29, 1.82) is 0 Å². The summed E-state index contributed by atoms with van der Waals surface area (Å²) in [5.41, 5.74) is 3.17. The van der Waals surface area contributed by atoms with E-state index in [2.05, 4.69) is 42.5 Å². The van der Waals surface area contributed by atoms with E-state index in [1.165, 1.54) is 7.05 Å². The first-order valence-electron chi connectivity index (χ1n) is 4.99. The molecule has 0 radical (unpaired) electrons. The maximum atomic E-state index is 11.8. The molecule has 0 saturated carbocycles. The van der Waals surface area contributed by atoms with Gasteiger partial charge in [-0.1, -0.05) is 15.9 Å². The number of hydrogen-bond donors (Lipinski definition) is 1. The highest BCUT2D eigenvalue weighted by atomic mass is 79.9. The molecular weight excluding hydrogens is 370 g/mol. The predicted octanol–water partition coefficient (Wildman–Crippen LogP) is 3.31. The van der Waals surface area contributed by atoms with Gasteiger partial charge in [0.15, 0.2) is 5.69 Å². The Kier molecular flexibility index (Phi) is 5.54. The summed E-state index contributed by atoms with van der Waals surface area (Å²) in [6.45, 7) is 1.98. The van der Waals surface area contributed by atoms with Crippen LogP contribution in [0.3, 0.4) is 0 Å². The number of hydroxylamine groups is 1. The van der Waals surface area contributed by atoms with E-state index in [-0.39, 0.29) is 12.2 Å². The largest absolute Gasteiger partial charge is 0.696 e. The lowest BCUT2D eigenvalue weighted by atomic mass is 10.2. The molecule has 1 N–H and O–H groups in total. The van der Waals surface area contributed by atoms with Crippen molar-refractivity contribution in [3.8, 4) is 0 Å². The van der Waals surface area contributed by atoms with Crippen LogP contribution >= 0.6 is 31.9 Å². The monoisotopic (exact) mass is 379 g/mol. The molecule has 0 heterocycles. The van der Waals surface area contributed by atoms with E-state index in [0.29, 0.717) is 19.5 Å². The summed E-state index contributed by atoms with van der Waals surface area (Å²) in [6, 6.07) is 3.32. The smallest absolute Gasteiger partial charge is 0.342 e. The zero-order valence-corrected chi connectivity index (χ0v) is 12.9. The Labute approximate surface area is 121 Å². The summed E-state index contributed by atoms with van der Waals surface area (Å²) in [4.78, 5) is 12.1. The van der Waals surface area contributed by atoms with Crippen LogP contribution in [0, 0.1) is 5.21 Å². The fourth-order valence-electron chi connectivity index (χ4n) is 1.18. The van der Waals surface area contributed by atoms with Crippen molar-refractivity contribution in [3.05, 3.63) is 31.8 Å². The van der Waals surface area contributed by atoms with E-state index in [4.69, 9.17) is 4.74 Å². The topological polar surface area (TPSA) is 76.8 Å². The average molecular weight is 381 g/mol. The van der Waals surface area contributed by atoms with Crippen molar-refractivity contribution in [2.75, 3.05) is 19.1 Å². The number of nitrogens with zero attached hydrogens (tertiary/aromatic N) is 2. The maximum absolute atomic E-state index is 11.8. The summed E-state index contributed by atoms with van der Waals surface area (Å²) in [6.07, 6.45) is 0. The average Bonchev–Trinajstić information content (AvgIpc) is 2.26. The molecule has 1 rings (SSSR count). The van der Waals surface area contributed by atoms with Gasteiger partial charge in [0.25, 0.3) is 0 Å². The number of esters is 1. The van der Waals surface area contributed by atoms with Crippen LogP contribution in [0.1, 0.15) is 17.3 Å². The first-order valence-corrected chi connectivity index (χ1v) is 6.58. The van der Waals surface area contributed by atoms with Gasteiger partial charge in [-0.3, -0.25) is 0 Å². The third kappa shape index (κ3) is 3.95. The molecule has 0 aliphatic carbocycles. The fourth-order valence-corrected chi connectivity index (χ4v) is 2.49. The molecule has 0 aliphatic rings. The summed E-state index contributed by atoms with van der Waals surface area (Å²) in [7, 11) is 1.23. The molecule has 8 heteroatoms. The normalized spacial score (nSPS) is 11.2. The quantitative estimate of drug-likeness (QED) is 0.376. The fraction of sp³-hybridized carbons (Fsp3) is 0.300. The molecule has 0 fully saturated rings. The van der Waals surface area contributed by atoms with E-state index < -0.39 is 5.97 Å². The van der Waals surface area contributed by atoms with Crippen LogP contribution in [-0.4, -0.2) is 24.5 Å². The number of carbonyl (C=O) groups is 1. The van der Waals surface area contributed by atoms with Gasteiger partial charge in [-0.2, -0.15) is 4.86 Å². The molecular formula is C10H11Br2N3O3. The molecule has 0 aliphatic heterocycles. The van der Waals surface area contributed by atoms with Gasteiger partial charge in [0.05, 0.1) is 16.3 Å². The zero-order chi connectivity index (χ0) is 13.7. The SMILES string of the molecule is CCOC(=O)c1cc(Br)cc(Br)c1NN=[N+](C)[O-]. The Balaban J connectivity index is 3.20. The Bertz CT molecular complexity index is 488. The Morgan fingerprint density at radius 3 is 2.78 bits per heavy atom. The molecule has 0 unspecified atom stereocenters. The minimum atomic E-state index is -0.495. The van der Waals surface area contributed by atoms with E-state index in [1.54, 1.807) is 19.1 Å². The van der Waals surface area contributed by atoms with Crippen LogP contribution < -0.4 is 5.43 Å². The van der Waals surface area contributed by atoms with Crippen LogP contribution in [0.4, 0.5) is 5.69 Å². The highest BCUT2D eigenvalue weighted by Gasteiger charge is 2.19. The van der Waals surface area contributed by atoms with Crippen LogP contribution in [0.2, 0.25) is 0 Å². The molecule has 1 aromatic rings. The van der Waals surface area contributed by atoms with Crippen LogP contribution in [-0.2, 0) is 4.74 Å². The second-order valence-electron chi connectivity index (χ2n) is 3.21. The molecule has 1 aromatic carbocycles. The molecule has 6 nitrogen and oxygen atoms in total. The summed E-state index contributed by atoms with van der Waals surface area (Å²) >= 11 is 6.56.